The third kappa shape index (κ3) is 3.82. The minimum atomic E-state index is -0.216. The molecule has 1 heterocycles. The van der Waals surface area contributed by atoms with Crippen molar-refractivity contribution in [1.29, 1.82) is 0 Å². The van der Waals surface area contributed by atoms with Gasteiger partial charge in [0.1, 0.15) is 11.4 Å². The number of amides is 1. The van der Waals surface area contributed by atoms with Gasteiger partial charge in [0.25, 0.3) is 5.91 Å². The highest BCUT2D eigenvalue weighted by Gasteiger charge is 2.07. The Morgan fingerprint density at radius 2 is 1.85 bits per heavy atom. The molecule has 0 radical (unpaired) electrons. The van der Waals surface area contributed by atoms with Crippen molar-refractivity contribution in [2.45, 2.75) is 26.9 Å². The Hall–Kier alpha value is -2.36. The third-order valence-corrected chi connectivity index (χ3v) is 2.60. The molecule has 0 unspecified atom stereocenters. The van der Waals surface area contributed by atoms with Gasteiger partial charge in [-0.15, -0.1) is 0 Å². The summed E-state index contributed by atoms with van der Waals surface area (Å²) in [5.74, 6) is 0.568. The van der Waals surface area contributed by atoms with E-state index in [-0.39, 0.29) is 12.0 Å². The van der Waals surface area contributed by atoms with Crippen molar-refractivity contribution >= 4 is 11.6 Å². The van der Waals surface area contributed by atoms with Crippen molar-refractivity contribution in [2.24, 2.45) is 0 Å². The molecule has 2 aromatic rings. The molecule has 1 amide bonds. The second-order valence-electron chi connectivity index (χ2n) is 4.81. The predicted octanol–water partition coefficient (Wildman–Crippen LogP) is 3.43. The summed E-state index contributed by atoms with van der Waals surface area (Å²) >= 11 is 0. The number of nitrogens with one attached hydrogen (secondary N) is 1. The van der Waals surface area contributed by atoms with Gasteiger partial charge in [-0.1, -0.05) is 6.07 Å². The lowest BCUT2D eigenvalue weighted by Gasteiger charge is -2.10. The Kier molecular flexibility index (Phi) is 4.35. The Balaban J connectivity index is 2.04. The van der Waals surface area contributed by atoms with Gasteiger partial charge in [-0.3, -0.25) is 4.79 Å². The molecular weight excluding hydrogens is 252 g/mol. The molecule has 2 rings (SSSR count). The van der Waals surface area contributed by atoms with E-state index in [0.29, 0.717) is 5.69 Å². The molecule has 0 bridgehead atoms. The molecule has 0 spiro atoms. The maximum absolute atomic E-state index is 12.0. The van der Waals surface area contributed by atoms with E-state index in [4.69, 9.17) is 4.74 Å². The van der Waals surface area contributed by atoms with E-state index >= 15 is 0 Å². The molecule has 0 aliphatic carbocycles. The first-order valence-corrected chi connectivity index (χ1v) is 6.56. The quantitative estimate of drug-likeness (QED) is 0.926. The number of carbonyl (C=O) groups is 1. The van der Waals surface area contributed by atoms with Crippen LogP contribution in [-0.2, 0) is 0 Å². The van der Waals surface area contributed by atoms with Gasteiger partial charge >= 0.3 is 0 Å². The Morgan fingerprint density at radius 3 is 2.45 bits per heavy atom. The molecule has 1 N–H and O–H groups in total. The van der Waals surface area contributed by atoms with Crippen LogP contribution in [0.5, 0.6) is 5.75 Å². The van der Waals surface area contributed by atoms with Gasteiger partial charge in [-0.25, -0.2) is 4.98 Å². The van der Waals surface area contributed by atoms with E-state index in [2.05, 4.69) is 10.3 Å². The summed E-state index contributed by atoms with van der Waals surface area (Å²) in [5, 5.41) is 2.81. The largest absolute Gasteiger partial charge is 0.491 e. The highest BCUT2D eigenvalue weighted by atomic mass is 16.5. The number of carbonyl (C=O) groups excluding carboxylic acids is 1. The molecule has 0 aliphatic rings. The summed E-state index contributed by atoms with van der Waals surface area (Å²) in [7, 11) is 0. The zero-order valence-corrected chi connectivity index (χ0v) is 11.9. The van der Waals surface area contributed by atoms with E-state index in [0.717, 1.165) is 17.1 Å². The molecule has 0 fully saturated rings. The molecule has 0 aliphatic heterocycles. The maximum atomic E-state index is 12.0. The van der Waals surface area contributed by atoms with Crippen molar-refractivity contribution < 1.29 is 9.53 Å². The van der Waals surface area contributed by atoms with Gasteiger partial charge in [-0.2, -0.15) is 0 Å². The standard InChI is InChI=1S/C16H18N2O2/c1-11(2)20-14-9-7-13(8-10-14)18-16(19)15-6-4-5-12(3)17-15/h4-11H,1-3H3,(H,18,19). The second kappa shape index (κ2) is 6.19. The molecule has 1 aromatic heterocycles. The lowest BCUT2D eigenvalue weighted by molar-refractivity contribution is 0.102. The van der Waals surface area contributed by atoms with Crippen molar-refractivity contribution in [3.8, 4) is 5.75 Å². The van der Waals surface area contributed by atoms with Gasteiger partial charge in [0.05, 0.1) is 6.10 Å². The molecule has 104 valence electrons. The summed E-state index contributed by atoms with van der Waals surface area (Å²) < 4.78 is 5.55. The van der Waals surface area contributed by atoms with Gasteiger partial charge in [0.2, 0.25) is 0 Å². The fraction of sp³-hybridized carbons (Fsp3) is 0.250. The molecular formula is C16H18N2O2. The normalized spacial score (nSPS) is 10.4. The zero-order valence-electron chi connectivity index (χ0n) is 11.9. The van der Waals surface area contributed by atoms with Gasteiger partial charge in [0.15, 0.2) is 0 Å². The first kappa shape index (κ1) is 14.1. The molecule has 4 heteroatoms. The Morgan fingerprint density at radius 1 is 1.15 bits per heavy atom. The SMILES string of the molecule is Cc1cccc(C(=O)Nc2ccc(OC(C)C)cc2)n1. The topological polar surface area (TPSA) is 51.2 Å². The third-order valence-electron chi connectivity index (χ3n) is 2.60. The number of aryl methyl sites for hydroxylation is 1. The van der Waals surface area contributed by atoms with E-state index in [9.17, 15) is 4.79 Å². The van der Waals surface area contributed by atoms with Crippen LogP contribution in [-0.4, -0.2) is 17.0 Å². The first-order valence-electron chi connectivity index (χ1n) is 6.56. The molecule has 1 aromatic carbocycles. The predicted molar refractivity (Wildman–Crippen MR) is 79.1 cm³/mol. The number of benzene rings is 1. The lowest BCUT2D eigenvalue weighted by Crippen LogP contribution is -2.14. The maximum Gasteiger partial charge on any atom is 0.274 e. The fourth-order valence-corrected chi connectivity index (χ4v) is 1.75. The van der Waals surface area contributed by atoms with Crippen LogP contribution in [0.3, 0.4) is 0 Å². The minimum Gasteiger partial charge on any atom is -0.491 e. The van der Waals surface area contributed by atoms with Crippen LogP contribution in [0, 0.1) is 6.92 Å². The number of aromatic nitrogens is 1. The number of nitrogens with zero attached hydrogens (tertiary/aromatic N) is 1. The average molecular weight is 270 g/mol. The van der Waals surface area contributed by atoms with E-state index in [1.165, 1.54) is 0 Å². The average Bonchev–Trinajstić information content (AvgIpc) is 2.40. The number of pyridine rings is 1. The van der Waals surface area contributed by atoms with Crippen LogP contribution in [0.25, 0.3) is 0 Å². The van der Waals surface area contributed by atoms with Crippen LogP contribution in [0.2, 0.25) is 0 Å². The molecule has 4 nitrogen and oxygen atoms in total. The summed E-state index contributed by atoms with van der Waals surface area (Å²) in [5.41, 5.74) is 1.94. The van der Waals surface area contributed by atoms with Crippen molar-refractivity contribution in [1.82, 2.24) is 4.98 Å². The molecule has 0 saturated carbocycles. The number of anilines is 1. The minimum absolute atomic E-state index is 0.131. The smallest absolute Gasteiger partial charge is 0.274 e. The van der Waals surface area contributed by atoms with Gasteiger partial charge in [0, 0.05) is 11.4 Å². The fourth-order valence-electron chi connectivity index (χ4n) is 1.75. The van der Waals surface area contributed by atoms with Crippen LogP contribution in [0.15, 0.2) is 42.5 Å². The Bertz CT molecular complexity index is 592. The highest BCUT2D eigenvalue weighted by Crippen LogP contribution is 2.17. The molecule has 0 saturated heterocycles. The lowest BCUT2D eigenvalue weighted by atomic mass is 10.2. The van der Waals surface area contributed by atoms with Crippen LogP contribution in [0.1, 0.15) is 30.0 Å². The monoisotopic (exact) mass is 270 g/mol. The van der Waals surface area contributed by atoms with Crippen LogP contribution in [0.4, 0.5) is 5.69 Å². The zero-order chi connectivity index (χ0) is 14.5. The van der Waals surface area contributed by atoms with Crippen molar-refractivity contribution in [3.63, 3.8) is 0 Å². The van der Waals surface area contributed by atoms with E-state index in [1.54, 1.807) is 6.07 Å². The highest BCUT2D eigenvalue weighted by molar-refractivity contribution is 6.02. The molecule has 0 atom stereocenters. The number of hydrogen-bond acceptors (Lipinski definition) is 3. The van der Waals surface area contributed by atoms with Crippen molar-refractivity contribution in [2.75, 3.05) is 5.32 Å². The molecule has 20 heavy (non-hydrogen) atoms. The van der Waals surface area contributed by atoms with Crippen LogP contribution < -0.4 is 10.1 Å². The summed E-state index contributed by atoms with van der Waals surface area (Å²) in [6, 6.07) is 12.7. The van der Waals surface area contributed by atoms with Crippen LogP contribution >= 0.6 is 0 Å². The summed E-state index contributed by atoms with van der Waals surface area (Å²) in [6.07, 6.45) is 0.131. The Labute approximate surface area is 118 Å². The van der Waals surface area contributed by atoms with E-state index in [1.807, 2.05) is 57.2 Å². The number of hydrogen-bond donors (Lipinski definition) is 1. The summed E-state index contributed by atoms with van der Waals surface area (Å²) in [6.45, 7) is 5.80. The van der Waals surface area contributed by atoms with Gasteiger partial charge < -0.3 is 10.1 Å². The summed E-state index contributed by atoms with van der Waals surface area (Å²) in [4.78, 5) is 16.2. The second-order valence-corrected chi connectivity index (χ2v) is 4.81. The van der Waals surface area contributed by atoms with E-state index < -0.39 is 0 Å². The van der Waals surface area contributed by atoms with Crippen molar-refractivity contribution in [3.05, 3.63) is 53.9 Å². The van der Waals surface area contributed by atoms with Gasteiger partial charge in [-0.05, 0) is 57.2 Å². The first-order chi connectivity index (χ1) is 9.54. The number of rotatable bonds is 4. The number of ether oxygens (including phenoxy) is 1.